The van der Waals surface area contributed by atoms with Gasteiger partial charge in [-0.15, -0.1) is 0 Å². The molecule has 0 saturated carbocycles. The van der Waals surface area contributed by atoms with Crippen molar-refractivity contribution in [3.8, 4) is 11.5 Å². The molecule has 4 rings (SSSR count). The summed E-state index contributed by atoms with van der Waals surface area (Å²) >= 11 is 0. The number of nitrogens with zero attached hydrogens (tertiary/aromatic N) is 3. The van der Waals surface area contributed by atoms with E-state index in [4.69, 9.17) is 9.47 Å². The van der Waals surface area contributed by atoms with Gasteiger partial charge < -0.3 is 19.5 Å². The number of carbonyl (C=O) groups excluding carboxylic acids is 2. The number of carbonyl (C=O) groups is 2. The first-order valence-corrected chi connectivity index (χ1v) is 11.4. The topological polar surface area (TPSA) is 102 Å². The molecule has 2 aromatic carbocycles. The first kappa shape index (κ1) is 25.5. The van der Waals surface area contributed by atoms with E-state index in [2.05, 4.69) is 20.1 Å². The van der Waals surface area contributed by atoms with Crippen LogP contribution in [0.2, 0.25) is 0 Å². The second-order valence-electron chi connectivity index (χ2n) is 7.88. The van der Waals surface area contributed by atoms with E-state index in [1.165, 1.54) is 43.8 Å². The molecule has 1 N–H and O–H groups in total. The molecule has 2 heterocycles. The van der Waals surface area contributed by atoms with E-state index >= 15 is 0 Å². The number of benzene rings is 2. The largest absolute Gasteiger partial charge is 0.493 e. The van der Waals surface area contributed by atoms with E-state index in [-0.39, 0.29) is 11.5 Å². The lowest BCUT2D eigenvalue weighted by Gasteiger charge is -2.34. The van der Waals surface area contributed by atoms with Gasteiger partial charge in [0, 0.05) is 23.5 Å². The molecule has 0 fully saturated rings. The molecule has 37 heavy (non-hydrogen) atoms. The number of hydrazone groups is 1. The molecule has 1 aliphatic rings. The molecular weight excluding hydrogens is 486 g/mol. The SMILES string of the molecule is CCC1OC(=O)N(C(NC(=O)c2ccncc2)c2ccccc2)N=C1c1ccc(OC)c(OC(F)F)c1. The number of cyclic esters (lactones) is 1. The molecule has 1 aliphatic heterocycles. The van der Waals surface area contributed by atoms with Gasteiger partial charge in [-0.2, -0.15) is 18.9 Å². The molecule has 0 radical (unpaired) electrons. The highest BCUT2D eigenvalue weighted by molar-refractivity contribution is 6.06. The summed E-state index contributed by atoms with van der Waals surface area (Å²) in [6.45, 7) is -1.28. The molecule has 0 saturated heterocycles. The number of aromatic nitrogens is 1. The molecule has 3 aromatic rings. The summed E-state index contributed by atoms with van der Waals surface area (Å²) in [4.78, 5) is 30.0. The zero-order valence-electron chi connectivity index (χ0n) is 20.0. The summed E-state index contributed by atoms with van der Waals surface area (Å²) in [6, 6.07) is 16.2. The second-order valence-corrected chi connectivity index (χ2v) is 7.88. The van der Waals surface area contributed by atoms with Crippen molar-refractivity contribution in [1.29, 1.82) is 0 Å². The first-order valence-electron chi connectivity index (χ1n) is 11.4. The Hall–Kier alpha value is -4.54. The minimum Gasteiger partial charge on any atom is -0.493 e. The van der Waals surface area contributed by atoms with E-state index in [0.717, 1.165) is 5.01 Å². The molecular formula is C26H24F2N4O5. The van der Waals surface area contributed by atoms with Crippen molar-refractivity contribution in [3.63, 3.8) is 0 Å². The lowest BCUT2D eigenvalue weighted by molar-refractivity contribution is -0.0512. The molecule has 11 heteroatoms. The Morgan fingerprint density at radius 2 is 1.84 bits per heavy atom. The molecule has 2 amide bonds. The van der Waals surface area contributed by atoms with Crippen molar-refractivity contribution in [2.24, 2.45) is 5.10 Å². The van der Waals surface area contributed by atoms with Crippen LogP contribution in [0.4, 0.5) is 13.6 Å². The van der Waals surface area contributed by atoms with Crippen molar-refractivity contribution in [1.82, 2.24) is 15.3 Å². The Bertz CT molecular complexity index is 1270. The van der Waals surface area contributed by atoms with Gasteiger partial charge in [-0.3, -0.25) is 9.78 Å². The first-order chi connectivity index (χ1) is 17.9. The summed E-state index contributed by atoms with van der Waals surface area (Å²) in [7, 11) is 1.33. The lowest BCUT2D eigenvalue weighted by Crippen LogP contribution is -2.48. The van der Waals surface area contributed by atoms with E-state index in [0.29, 0.717) is 28.8 Å². The van der Waals surface area contributed by atoms with E-state index in [1.807, 2.05) is 0 Å². The van der Waals surface area contributed by atoms with Crippen LogP contribution in [0.15, 0.2) is 78.2 Å². The number of alkyl halides is 2. The third-order valence-electron chi connectivity index (χ3n) is 5.57. The summed E-state index contributed by atoms with van der Waals surface area (Å²) in [5.74, 6) is -0.550. The zero-order chi connectivity index (χ0) is 26.4. The quantitative estimate of drug-likeness (QED) is 0.446. The third kappa shape index (κ3) is 5.83. The average Bonchev–Trinajstić information content (AvgIpc) is 2.92. The third-order valence-corrected chi connectivity index (χ3v) is 5.57. The van der Waals surface area contributed by atoms with E-state index in [1.54, 1.807) is 43.3 Å². The Balaban J connectivity index is 1.77. The predicted octanol–water partition coefficient (Wildman–Crippen LogP) is 4.76. The van der Waals surface area contributed by atoms with Crippen LogP contribution in [0, 0.1) is 0 Å². The normalized spacial score (nSPS) is 16.0. The molecule has 192 valence electrons. The van der Waals surface area contributed by atoms with Gasteiger partial charge in [-0.1, -0.05) is 37.3 Å². The van der Waals surface area contributed by atoms with Gasteiger partial charge in [0.05, 0.1) is 7.11 Å². The number of hydrogen-bond acceptors (Lipinski definition) is 7. The van der Waals surface area contributed by atoms with Gasteiger partial charge in [0.1, 0.15) is 11.8 Å². The molecule has 9 nitrogen and oxygen atoms in total. The van der Waals surface area contributed by atoms with Gasteiger partial charge in [0.25, 0.3) is 5.91 Å². The van der Waals surface area contributed by atoms with E-state index in [9.17, 15) is 18.4 Å². The number of nitrogens with one attached hydrogen (secondary N) is 1. The number of hydrogen-bond donors (Lipinski definition) is 1. The zero-order valence-corrected chi connectivity index (χ0v) is 20.0. The molecule has 2 atom stereocenters. The van der Waals surface area contributed by atoms with Crippen LogP contribution in [-0.4, -0.2) is 47.5 Å². The van der Waals surface area contributed by atoms with Crippen molar-refractivity contribution in [3.05, 3.63) is 89.7 Å². The summed E-state index contributed by atoms with van der Waals surface area (Å²) in [5.41, 5.74) is 1.58. The molecule has 0 aliphatic carbocycles. The van der Waals surface area contributed by atoms with Gasteiger partial charge in [-0.05, 0) is 42.3 Å². The summed E-state index contributed by atoms with van der Waals surface area (Å²) in [6.07, 6.45) is 0.756. The highest BCUT2D eigenvalue weighted by Gasteiger charge is 2.36. The molecule has 1 aromatic heterocycles. The maximum absolute atomic E-state index is 13.1. The fourth-order valence-corrected chi connectivity index (χ4v) is 3.79. The van der Waals surface area contributed by atoms with Crippen molar-refractivity contribution >= 4 is 17.7 Å². The van der Waals surface area contributed by atoms with Crippen LogP contribution < -0.4 is 14.8 Å². The average molecular weight is 510 g/mol. The maximum atomic E-state index is 13.1. The molecule has 2 unspecified atom stereocenters. The Morgan fingerprint density at radius 3 is 2.49 bits per heavy atom. The monoisotopic (exact) mass is 510 g/mol. The Morgan fingerprint density at radius 1 is 1.11 bits per heavy atom. The summed E-state index contributed by atoms with van der Waals surface area (Å²) < 4.78 is 41.4. The smallest absolute Gasteiger partial charge is 0.433 e. The fourth-order valence-electron chi connectivity index (χ4n) is 3.79. The van der Waals surface area contributed by atoms with Crippen molar-refractivity contribution in [2.75, 3.05) is 7.11 Å². The maximum Gasteiger partial charge on any atom is 0.433 e. The second kappa shape index (κ2) is 11.5. The highest BCUT2D eigenvalue weighted by atomic mass is 19.3. The Labute approximate surface area is 211 Å². The summed E-state index contributed by atoms with van der Waals surface area (Å²) in [5, 5.41) is 8.39. The van der Waals surface area contributed by atoms with Gasteiger partial charge in [0.15, 0.2) is 17.7 Å². The Kier molecular flexibility index (Phi) is 7.92. The number of methoxy groups -OCH3 is 1. The van der Waals surface area contributed by atoms with Crippen LogP contribution in [0.5, 0.6) is 11.5 Å². The minimum absolute atomic E-state index is 0.106. The number of amides is 2. The van der Waals surface area contributed by atoms with Gasteiger partial charge >= 0.3 is 12.7 Å². The van der Waals surface area contributed by atoms with Crippen LogP contribution in [0.3, 0.4) is 0 Å². The number of rotatable bonds is 9. The number of pyridine rings is 1. The van der Waals surface area contributed by atoms with Gasteiger partial charge in [0.2, 0.25) is 0 Å². The van der Waals surface area contributed by atoms with Crippen LogP contribution in [-0.2, 0) is 4.74 Å². The van der Waals surface area contributed by atoms with Gasteiger partial charge in [-0.25, -0.2) is 4.79 Å². The fraction of sp³-hybridized carbons (Fsp3) is 0.231. The predicted molar refractivity (Wildman–Crippen MR) is 129 cm³/mol. The highest BCUT2D eigenvalue weighted by Crippen LogP contribution is 2.32. The van der Waals surface area contributed by atoms with Crippen LogP contribution in [0.25, 0.3) is 0 Å². The van der Waals surface area contributed by atoms with Crippen LogP contribution >= 0.6 is 0 Å². The lowest BCUT2D eigenvalue weighted by atomic mass is 10.0. The van der Waals surface area contributed by atoms with Crippen molar-refractivity contribution in [2.45, 2.75) is 32.2 Å². The van der Waals surface area contributed by atoms with Crippen molar-refractivity contribution < 1.29 is 32.6 Å². The standard InChI is InChI=1S/C26H24F2N4O5/c1-3-19-22(18-9-10-20(35-2)21(15-18)36-25(27)28)31-32(26(34)37-19)23(16-7-5-4-6-8-16)30-24(33)17-11-13-29-14-12-17/h4-15,19,23,25H,3H2,1-2H3,(H,30,33). The van der Waals surface area contributed by atoms with E-state index < -0.39 is 30.9 Å². The molecule has 0 bridgehead atoms. The number of halogens is 2. The molecule has 0 spiro atoms. The van der Waals surface area contributed by atoms with Crippen LogP contribution in [0.1, 0.15) is 41.0 Å². The number of ether oxygens (including phenoxy) is 3. The minimum atomic E-state index is -3.07.